The Labute approximate surface area is 83.4 Å². The number of piperidine rings is 1. The van der Waals surface area contributed by atoms with Crippen LogP contribution in [0.5, 0.6) is 0 Å². The summed E-state index contributed by atoms with van der Waals surface area (Å²) in [6.45, 7) is 2.06. The van der Waals surface area contributed by atoms with Gasteiger partial charge >= 0.3 is 0 Å². The second kappa shape index (κ2) is 7.47. The predicted molar refractivity (Wildman–Crippen MR) is 49.7 cm³/mol. The van der Waals surface area contributed by atoms with E-state index in [1.807, 2.05) is 0 Å². The van der Waals surface area contributed by atoms with E-state index in [-0.39, 0.29) is 12.4 Å². The molecule has 0 atom stereocenters. The summed E-state index contributed by atoms with van der Waals surface area (Å²) < 4.78 is 28.2. The van der Waals surface area contributed by atoms with Crippen molar-refractivity contribution in [2.45, 2.75) is 19.3 Å². The normalized spacial score (nSPS) is 18.7. The first-order valence-electron chi connectivity index (χ1n) is 4.35. The van der Waals surface area contributed by atoms with E-state index in [4.69, 9.17) is 4.74 Å². The first-order chi connectivity index (χ1) is 5.79. The molecule has 1 rings (SSSR count). The van der Waals surface area contributed by atoms with E-state index in [1.54, 1.807) is 0 Å². The Kier molecular flexibility index (Phi) is 7.51. The lowest BCUT2D eigenvalue weighted by molar-refractivity contribution is 0.000214. The molecule has 0 aromatic rings. The molecule has 0 aromatic carbocycles. The lowest BCUT2D eigenvalue weighted by atomic mass is 9.99. The van der Waals surface area contributed by atoms with Gasteiger partial charge in [0.1, 0.15) is 6.61 Å². The third-order valence-electron chi connectivity index (χ3n) is 2.06. The van der Waals surface area contributed by atoms with Crippen molar-refractivity contribution in [2.75, 3.05) is 26.3 Å². The van der Waals surface area contributed by atoms with E-state index in [9.17, 15) is 8.78 Å². The van der Waals surface area contributed by atoms with E-state index >= 15 is 0 Å². The minimum Gasteiger partial charge on any atom is -0.375 e. The van der Waals surface area contributed by atoms with Gasteiger partial charge in [-0.2, -0.15) is 0 Å². The van der Waals surface area contributed by atoms with Gasteiger partial charge < -0.3 is 10.1 Å². The Morgan fingerprint density at radius 1 is 1.31 bits per heavy atom. The molecule has 0 spiro atoms. The zero-order valence-corrected chi connectivity index (χ0v) is 8.29. The molecule has 1 aliphatic rings. The third-order valence-corrected chi connectivity index (χ3v) is 2.06. The van der Waals surface area contributed by atoms with Gasteiger partial charge in [0.2, 0.25) is 0 Å². The maximum Gasteiger partial charge on any atom is 0.261 e. The van der Waals surface area contributed by atoms with Crippen molar-refractivity contribution < 1.29 is 13.5 Å². The van der Waals surface area contributed by atoms with Crippen molar-refractivity contribution >= 4 is 12.4 Å². The Morgan fingerprint density at radius 3 is 2.46 bits per heavy atom. The summed E-state index contributed by atoms with van der Waals surface area (Å²) >= 11 is 0. The molecule has 13 heavy (non-hydrogen) atoms. The van der Waals surface area contributed by atoms with Gasteiger partial charge in [-0.1, -0.05) is 0 Å². The Bertz CT molecular complexity index is 121. The molecule has 0 saturated carbocycles. The Balaban J connectivity index is 0.00000144. The van der Waals surface area contributed by atoms with Crippen molar-refractivity contribution in [2.24, 2.45) is 5.92 Å². The van der Waals surface area contributed by atoms with Crippen molar-refractivity contribution in [3.05, 3.63) is 0 Å². The molecule has 1 aliphatic heterocycles. The molecule has 5 heteroatoms. The maximum atomic E-state index is 11.7. The average molecular weight is 216 g/mol. The molecule has 0 radical (unpaired) electrons. The van der Waals surface area contributed by atoms with Crippen molar-refractivity contribution in [1.29, 1.82) is 0 Å². The van der Waals surface area contributed by atoms with Crippen molar-refractivity contribution in [1.82, 2.24) is 5.32 Å². The van der Waals surface area contributed by atoms with Crippen LogP contribution in [0.4, 0.5) is 8.78 Å². The number of ether oxygens (including phenoxy) is 1. The van der Waals surface area contributed by atoms with Crippen molar-refractivity contribution in [3.8, 4) is 0 Å². The van der Waals surface area contributed by atoms with Gasteiger partial charge in [0.25, 0.3) is 6.43 Å². The van der Waals surface area contributed by atoms with Crippen molar-refractivity contribution in [3.63, 3.8) is 0 Å². The number of hydrogen-bond acceptors (Lipinski definition) is 2. The van der Waals surface area contributed by atoms with E-state index in [0.29, 0.717) is 12.5 Å². The highest BCUT2D eigenvalue weighted by Gasteiger charge is 2.13. The third kappa shape index (κ3) is 6.18. The van der Waals surface area contributed by atoms with Gasteiger partial charge in [-0.25, -0.2) is 8.78 Å². The summed E-state index contributed by atoms with van der Waals surface area (Å²) in [4.78, 5) is 0. The average Bonchev–Trinajstić information content (AvgIpc) is 2.05. The second-order valence-electron chi connectivity index (χ2n) is 3.12. The van der Waals surface area contributed by atoms with E-state index in [2.05, 4.69) is 5.32 Å². The van der Waals surface area contributed by atoms with E-state index in [0.717, 1.165) is 25.9 Å². The highest BCUT2D eigenvalue weighted by molar-refractivity contribution is 5.85. The lowest BCUT2D eigenvalue weighted by Gasteiger charge is -2.22. The zero-order valence-electron chi connectivity index (χ0n) is 7.47. The summed E-state index contributed by atoms with van der Waals surface area (Å²) in [5, 5.41) is 3.21. The van der Waals surface area contributed by atoms with Crippen LogP contribution >= 0.6 is 12.4 Å². The quantitative estimate of drug-likeness (QED) is 0.771. The predicted octanol–water partition coefficient (Wildman–Crippen LogP) is 1.69. The van der Waals surface area contributed by atoms with Crippen LogP contribution in [-0.4, -0.2) is 32.7 Å². The molecule has 0 amide bonds. The maximum absolute atomic E-state index is 11.7. The standard InChI is InChI=1S/C8H15F2NO.ClH/c9-8(10)6-12-5-7-1-3-11-4-2-7;/h7-8,11H,1-6H2;1H. The minimum atomic E-state index is -2.33. The van der Waals surface area contributed by atoms with Gasteiger partial charge in [-0.15, -0.1) is 12.4 Å². The van der Waals surface area contributed by atoms with Crippen LogP contribution in [0, 0.1) is 5.92 Å². The van der Waals surface area contributed by atoms with Crippen LogP contribution in [0.3, 0.4) is 0 Å². The smallest absolute Gasteiger partial charge is 0.261 e. The summed E-state index contributed by atoms with van der Waals surface area (Å²) in [7, 11) is 0. The molecule has 0 bridgehead atoms. The monoisotopic (exact) mass is 215 g/mol. The number of halogens is 3. The van der Waals surface area contributed by atoms with Crippen LogP contribution in [0.1, 0.15) is 12.8 Å². The number of nitrogens with one attached hydrogen (secondary N) is 1. The molecule has 0 unspecified atom stereocenters. The summed E-state index contributed by atoms with van der Waals surface area (Å²) in [5.41, 5.74) is 0. The fourth-order valence-electron chi connectivity index (χ4n) is 1.37. The van der Waals surface area contributed by atoms with Crippen LogP contribution in [0.25, 0.3) is 0 Å². The molecule has 1 heterocycles. The first-order valence-corrected chi connectivity index (χ1v) is 4.35. The van der Waals surface area contributed by atoms with Crippen LogP contribution < -0.4 is 5.32 Å². The fraction of sp³-hybridized carbons (Fsp3) is 1.00. The summed E-state index contributed by atoms with van der Waals surface area (Å²) in [6.07, 6.45) is -0.237. The number of hydrogen-bond donors (Lipinski definition) is 1. The Hall–Kier alpha value is 0.0700. The molecule has 1 N–H and O–H groups in total. The molecule has 1 saturated heterocycles. The molecule has 1 fully saturated rings. The van der Waals surface area contributed by atoms with Crippen LogP contribution in [0.15, 0.2) is 0 Å². The van der Waals surface area contributed by atoms with Crippen LogP contribution in [0.2, 0.25) is 0 Å². The topological polar surface area (TPSA) is 21.3 Å². The molecule has 0 aliphatic carbocycles. The second-order valence-corrected chi connectivity index (χ2v) is 3.12. The Morgan fingerprint density at radius 2 is 1.92 bits per heavy atom. The number of rotatable bonds is 4. The highest BCUT2D eigenvalue weighted by Crippen LogP contribution is 2.11. The zero-order chi connectivity index (χ0) is 8.81. The number of alkyl halides is 2. The van der Waals surface area contributed by atoms with Gasteiger partial charge in [-0.05, 0) is 31.8 Å². The molecular weight excluding hydrogens is 200 g/mol. The molecule has 80 valence electrons. The fourth-order valence-corrected chi connectivity index (χ4v) is 1.37. The highest BCUT2D eigenvalue weighted by atomic mass is 35.5. The SMILES string of the molecule is Cl.FC(F)COCC1CCNCC1. The molecular formula is C8H16ClF2NO. The minimum absolute atomic E-state index is 0. The van der Waals surface area contributed by atoms with Crippen LogP contribution in [-0.2, 0) is 4.74 Å². The van der Waals surface area contributed by atoms with Gasteiger partial charge in [0.05, 0.1) is 0 Å². The molecule has 0 aromatic heterocycles. The van der Waals surface area contributed by atoms with E-state index in [1.165, 1.54) is 0 Å². The molecule has 2 nitrogen and oxygen atoms in total. The summed E-state index contributed by atoms with van der Waals surface area (Å²) in [6, 6.07) is 0. The van der Waals surface area contributed by atoms with Gasteiger partial charge in [-0.3, -0.25) is 0 Å². The first kappa shape index (κ1) is 13.1. The van der Waals surface area contributed by atoms with Gasteiger partial charge in [0.15, 0.2) is 0 Å². The summed E-state index contributed by atoms with van der Waals surface area (Å²) in [5.74, 6) is 0.477. The largest absolute Gasteiger partial charge is 0.375 e. The van der Waals surface area contributed by atoms with E-state index < -0.39 is 13.0 Å². The van der Waals surface area contributed by atoms with Gasteiger partial charge in [0, 0.05) is 6.61 Å². The lowest BCUT2D eigenvalue weighted by Crippen LogP contribution is -2.30.